The van der Waals surface area contributed by atoms with E-state index in [0.29, 0.717) is 17.4 Å². The summed E-state index contributed by atoms with van der Waals surface area (Å²) in [6, 6.07) is 4.61. The van der Waals surface area contributed by atoms with Gasteiger partial charge in [0.1, 0.15) is 5.75 Å². The fourth-order valence-corrected chi connectivity index (χ4v) is 2.52. The monoisotopic (exact) mass is 327 g/mol. The molecule has 1 unspecified atom stereocenters. The van der Waals surface area contributed by atoms with Gasteiger partial charge in [-0.3, -0.25) is 9.59 Å². The van der Waals surface area contributed by atoms with Gasteiger partial charge in [0, 0.05) is 17.6 Å². The second-order valence-corrected chi connectivity index (χ2v) is 5.92. The van der Waals surface area contributed by atoms with Gasteiger partial charge in [0.15, 0.2) is 0 Å². The lowest BCUT2D eigenvalue weighted by Gasteiger charge is -2.20. The third kappa shape index (κ3) is 2.58. The molecule has 19 heavy (non-hydrogen) atoms. The van der Waals surface area contributed by atoms with E-state index in [1.807, 2.05) is 0 Å². The number of carbonyl (C=O) groups is 2. The maximum absolute atomic E-state index is 12.3. The highest BCUT2D eigenvalue weighted by atomic mass is 79.9. The fraction of sp³-hybridized carbons (Fsp3) is 0.385. The number of benzene rings is 1. The zero-order valence-corrected chi connectivity index (χ0v) is 12.0. The van der Waals surface area contributed by atoms with E-state index in [-0.39, 0.29) is 23.8 Å². The topological polar surface area (TPSA) is 77.8 Å². The number of phenols is 1. The largest absolute Gasteiger partial charge is 0.507 e. The lowest BCUT2D eigenvalue weighted by molar-refractivity contribution is -0.147. The van der Waals surface area contributed by atoms with Crippen molar-refractivity contribution in [2.75, 3.05) is 13.1 Å². The molecule has 1 heterocycles. The highest BCUT2D eigenvalue weighted by Gasteiger charge is 2.42. The smallest absolute Gasteiger partial charge is 0.311 e. The molecule has 1 aliphatic heterocycles. The van der Waals surface area contributed by atoms with E-state index in [2.05, 4.69) is 15.9 Å². The van der Waals surface area contributed by atoms with Crippen LogP contribution in [0.4, 0.5) is 0 Å². The van der Waals surface area contributed by atoms with Crippen molar-refractivity contribution in [3.8, 4) is 5.75 Å². The van der Waals surface area contributed by atoms with Crippen LogP contribution >= 0.6 is 15.9 Å². The van der Waals surface area contributed by atoms with E-state index in [0.717, 1.165) is 0 Å². The van der Waals surface area contributed by atoms with Crippen LogP contribution < -0.4 is 0 Å². The fourth-order valence-electron chi connectivity index (χ4n) is 2.16. The van der Waals surface area contributed by atoms with Crippen molar-refractivity contribution in [1.29, 1.82) is 0 Å². The number of rotatable bonds is 2. The van der Waals surface area contributed by atoms with Gasteiger partial charge in [0.05, 0.1) is 11.0 Å². The molecule has 0 aliphatic carbocycles. The molecule has 6 heteroatoms. The van der Waals surface area contributed by atoms with Gasteiger partial charge in [-0.2, -0.15) is 0 Å². The lowest BCUT2D eigenvalue weighted by atomic mass is 9.90. The molecule has 102 valence electrons. The minimum atomic E-state index is -0.905. The number of hydrogen-bond donors (Lipinski definition) is 2. The Bertz CT molecular complexity index is 545. The Morgan fingerprint density at radius 2 is 2.11 bits per heavy atom. The summed E-state index contributed by atoms with van der Waals surface area (Å²) in [4.78, 5) is 24.9. The summed E-state index contributed by atoms with van der Waals surface area (Å²) in [6.07, 6.45) is 0.419. The summed E-state index contributed by atoms with van der Waals surface area (Å²) in [7, 11) is 0. The molecule has 1 atom stereocenters. The molecule has 0 bridgehead atoms. The van der Waals surface area contributed by atoms with Crippen LogP contribution in [0.3, 0.4) is 0 Å². The van der Waals surface area contributed by atoms with Gasteiger partial charge < -0.3 is 15.1 Å². The number of nitrogens with zero attached hydrogens (tertiary/aromatic N) is 1. The molecular weight excluding hydrogens is 314 g/mol. The van der Waals surface area contributed by atoms with Crippen LogP contribution in [0.2, 0.25) is 0 Å². The zero-order valence-electron chi connectivity index (χ0n) is 10.4. The molecule has 2 N–H and O–H groups in total. The van der Waals surface area contributed by atoms with E-state index < -0.39 is 11.4 Å². The van der Waals surface area contributed by atoms with Gasteiger partial charge in [0.2, 0.25) is 0 Å². The molecule has 0 spiro atoms. The van der Waals surface area contributed by atoms with Crippen LogP contribution in [-0.2, 0) is 4.79 Å². The van der Waals surface area contributed by atoms with Gasteiger partial charge >= 0.3 is 5.97 Å². The number of aromatic hydroxyl groups is 1. The standard InChI is InChI=1S/C13H14BrNO4/c1-13(12(18)19)4-5-15(7-13)11(17)9-6-8(14)2-3-10(9)16/h2-3,6,16H,4-5,7H2,1H3,(H,18,19). The average molecular weight is 328 g/mol. The van der Waals surface area contributed by atoms with Crippen molar-refractivity contribution >= 4 is 27.8 Å². The Kier molecular flexibility index (Phi) is 3.54. The summed E-state index contributed by atoms with van der Waals surface area (Å²) >= 11 is 3.24. The highest BCUT2D eigenvalue weighted by Crippen LogP contribution is 2.32. The second kappa shape index (κ2) is 4.85. The van der Waals surface area contributed by atoms with E-state index in [4.69, 9.17) is 5.11 Å². The first-order valence-corrected chi connectivity index (χ1v) is 6.64. The van der Waals surface area contributed by atoms with Crippen molar-refractivity contribution in [2.45, 2.75) is 13.3 Å². The Morgan fingerprint density at radius 3 is 2.68 bits per heavy atom. The molecule has 2 rings (SSSR count). The molecule has 0 saturated carbocycles. The van der Waals surface area contributed by atoms with Crippen molar-refractivity contribution in [3.05, 3.63) is 28.2 Å². The molecule has 1 aliphatic rings. The van der Waals surface area contributed by atoms with Crippen LogP contribution in [0.5, 0.6) is 5.75 Å². The Hall–Kier alpha value is -1.56. The highest BCUT2D eigenvalue weighted by molar-refractivity contribution is 9.10. The summed E-state index contributed by atoms with van der Waals surface area (Å²) in [5.74, 6) is -1.35. The summed E-state index contributed by atoms with van der Waals surface area (Å²) in [5.41, 5.74) is -0.721. The molecule has 5 nitrogen and oxygen atoms in total. The summed E-state index contributed by atoms with van der Waals surface area (Å²) in [6.45, 7) is 2.17. The third-order valence-electron chi connectivity index (χ3n) is 3.47. The molecule has 1 saturated heterocycles. The van der Waals surface area contributed by atoms with E-state index in [1.54, 1.807) is 13.0 Å². The molecule has 1 aromatic carbocycles. The van der Waals surface area contributed by atoms with Gasteiger partial charge in [-0.25, -0.2) is 0 Å². The van der Waals surface area contributed by atoms with Crippen molar-refractivity contribution in [1.82, 2.24) is 4.90 Å². The summed E-state index contributed by atoms with van der Waals surface area (Å²) in [5, 5.41) is 18.9. The number of amides is 1. The number of hydrogen-bond acceptors (Lipinski definition) is 3. The average Bonchev–Trinajstić information content (AvgIpc) is 2.76. The van der Waals surface area contributed by atoms with Crippen molar-refractivity contribution < 1.29 is 19.8 Å². The number of carboxylic acids is 1. The van der Waals surface area contributed by atoms with Crippen LogP contribution in [0, 0.1) is 5.41 Å². The Labute approximate surface area is 119 Å². The first kappa shape index (κ1) is 13.9. The number of likely N-dealkylation sites (tertiary alicyclic amines) is 1. The van der Waals surface area contributed by atoms with E-state index in [1.165, 1.54) is 17.0 Å². The minimum Gasteiger partial charge on any atom is -0.507 e. The van der Waals surface area contributed by atoms with Gasteiger partial charge in [0.25, 0.3) is 5.91 Å². The lowest BCUT2D eigenvalue weighted by Crippen LogP contribution is -2.34. The quantitative estimate of drug-likeness (QED) is 0.871. The van der Waals surface area contributed by atoms with Crippen LogP contribution in [0.15, 0.2) is 22.7 Å². The maximum Gasteiger partial charge on any atom is 0.311 e. The number of aliphatic carboxylic acids is 1. The van der Waals surface area contributed by atoms with Crippen LogP contribution in [0.25, 0.3) is 0 Å². The normalized spacial score (nSPS) is 22.5. The molecule has 0 aromatic heterocycles. The van der Waals surface area contributed by atoms with Crippen LogP contribution in [0.1, 0.15) is 23.7 Å². The van der Waals surface area contributed by atoms with Crippen molar-refractivity contribution in [3.63, 3.8) is 0 Å². The number of carbonyl (C=O) groups excluding carboxylic acids is 1. The van der Waals surface area contributed by atoms with E-state index >= 15 is 0 Å². The van der Waals surface area contributed by atoms with Gasteiger partial charge in [-0.1, -0.05) is 15.9 Å². The van der Waals surface area contributed by atoms with Crippen LogP contribution in [-0.4, -0.2) is 40.1 Å². The van der Waals surface area contributed by atoms with Gasteiger partial charge in [-0.05, 0) is 31.5 Å². The molecule has 0 radical (unpaired) electrons. The Balaban J connectivity index is 2.22. The predicted octanol–water partition coefficient (Wildman–Crippen LogP) is 2.09. The first-order chi connectivity index (χ1) is 8.83. The number of carboxylic acid groups (broad SMARTS) is 1. The first-order valence-electron chi connectivity index (χ1n) is 5.85. The number of halogens is 1. The SMILES string of the molecule is CC1(C(=O)O)CCN(C(=O)c2cc(Br)ccc2O)C1. The number of phenolic OH excluding ortho intramolecular Hbond substituents is 1. The molecule has 1 aromatic rings. The van der Waals surface area contributed by atoms with E-state index in [9.17, 15) is 14.7 Å². The second-order valence-electron chi connectivity index (χ2n) is 5.00. The summed E-state index contributed by atoms with van der Waals surface area (Å²) < 4.78 is 0.689. The predicted molar refractivity (Wildman–Crippen MR) is 72.1 cm³/mol. The Morgan fingerprint density at radius 1 is 1.42 bits per heavy atom. The third-order valence-corrected chi connectivity index (χ3v) is 3.96. The molecule has 1 fully saturated rings. The minimum absolute atomic E-state index is 0.0999. The maximum atomic E-state index is 12.3. The van der Waals surface area contributed by atoms with Gasteiger partial charge in [-0.15, -0.1) is 0 Å². The molecular formula is C13H14BrNO4. The molecule has 1 amide bonds. The zero-order chi connectivity index (χ0) is 14.2. The van der Waals surface area contributed by atoms with Crippen molar-refractivity contribution in [2.24, 2.45) is 5.41 Å².